The van der Waals surface area contributed by atoms with Gasteiger partial charge in [0.15, 0.2) is 11.6 Å². The second-order valence-corrected chi connectivity index (χ2v) is 8.49. The van der Waals surface area contributed by atoms with Crippen molar-refractivity contribution in [2.75, 3.05) is 11.8 Å². The number of aromatic amines is 1. The molecule has 3 aromatic carbocycles. The number of fused-ring (bicyclic) bond motifs is 1. The van der Waals surface area contributed by atoms with Gasteiger partial charge in [-0.2, -0.15) is 0 Å². The highest BCUT2D eigenvalue weighted by atomic mass is 32.2. The molecule has 0 atom stereocenters. The van der Waals surface area contributed by atoms with Crippen molar-refractivity contribution in [1.82, 2.24) is 4.98 Å². The first-order chi connectivity index (χ1) is 15.2. The van der Waals surface area contributed by atoms with Crippen molar-refractivity contribution >= 4 is 32.3 Å². The third-order valence-corrected chi connectivity index (χ3v) is 6.12. The number of sulfonamides is 1. The summed E-state index contributed by atoms with van der Waals surface area (Å²) in [6.45, 7) is 0. The van der Waals surface area contributed by atoms with Gasteiger partial charge in [0, 0.05) is 40.4 Å². The van der Waals surface area contributed by atoms with Gasteiger partial charge in [0.1, 0.15) is 5.75 Å². The van der Waals surface area contributed by atoms with Crippen LogP contribution >= 0.6 is 0 Å². The quantitative estimate of drug-likeness (QED) is 0.317. The minimum absolute atomic E-state index is 0.0764. The highest BCUT2D eigenvalue weighted by Gasteiger charge is 2.20. The van der Waals surface area contributed by atoms with Crippen molar-refractivity contribution in [3.63, 3.8) is 0 Å². The average molecular weight is 459 g/mol. The summed E-state index contributed by atoms with van der Waals surface area (Å²) < 4.78 is 60.3. The fourth-order valence-corrected chi connectivity index (χ4v) is 4.31. The zero-order valence-electron chi connectivity index (χ0n) is 16.4. The molecule has 0 aliphatic rings. The maximum atomic E-state index is 13.5. The Bertz CT molecular complexity index is 1430. The largest absolute Gasteiger partial charge is 0.495 e. The van der Waals surface area contributed by atoms with Gasteiger partial charge < -0.3 is 9.72 Å². The Balaban J connectivity index is 1.74. The molecular weight excluding hydrogens is 444 g/mol. The Morgan fingerprint density at radius 1 is 1.03 bits per heavy atom. The van der Waals surface area contributed by atoms with Crippen LogP contribution in [-0.2, 0) is 10.0 Å². The third kappa shape index (κ3) is 3.97. The first kappa shape index (κ1) is 21.2. The third-order valence-electron chi connectivity index (χ3n) is 4.76. The molecule has 0 radical (unpaired) electrons. The number of non-ortho nitro benzene ring substituents is 1. The summed E-state index contributed by atoms with van der Waals surface area (Å²) in [5.41, 5.74) is 1.08. The van der Waals surface area contributed by atoms with Crippen LogP contribution in [0, 0.1) is 21.7 Å². The molecule has 0 amide bonds. The molecule has 0 spiro atoms. The molecule has 4 rings (SSSR count). The Hall–Kier alpha value is -3.99. The van der Waals surface area contributed by atoms with E-state index in [1.165, 1.54) is 37.4 Å². The summed E-state index contributed by atoms with van der Waals surface area (Å²) >= 11 is 0. The molecule has 0 saturated carbocycles. The normalized spacial score (nSPS) is 11.5. The second kappa shape index (κ2) is 7.93. The van der Waals surface area contributed by atoms with Crippen LogP contribution in [0.2, 0.25) is 0 Å². The Morgan fingerprint density at radius 2 is 1.78 bits per heavy atom. The number of H-pyrrole nitrogens is 1. The predicted molar refractivity (Wildman–Crippen MR) is 114 cm³/mol. The monoisotopic (exact) mass is 459 g/mol. The molecule has 0 aliphatic carbocycles. The van der Waals surface area contributed by atoms with E-state index in [1.807, 2.05) is 0 Å². The number of anilines is 1. The van der Waals surface area contributed by atoms with E-state index < -0.39 is 26.6 Å². The zero-order valence-corrected chi connectivity index (χ0v) is 17.2. The Labute approximate surface area is 180 Å². The lowest BCUT2D eigenvalue weighted by Crippen LogP contribution is -2.14. The summed E-state index contributed by atoms with van der Waals surface area (Å²) in [4.78, 5) is 12.9. The number of nitrogens with zero attached hydrogens (tertiary/aromatic N) is 1. The lowest BCUT2D eigenvalue weighted by Gasteiger charge is -2.13. The van der Waals surface area contributed by atoms with Gasteiger partial charge in [-0.15, -0.1) is 0 Å². The maximum absolute atomic E-state index is 13.5. The molecule has 1 heterocycles. The fourth-order valence-electron chi connectivity index (χ4n) is 3.21. The number of nitrogens with one attached hydrogen (secondary N) is 2. The van der Waals surface area contributed by atoms with Crippen molar-refractivity contribution in [2.45, 2.75) is 4.90 Å². The van der Waals surface area contributed by atoms with Gasteiger partial charge in [-0.05, 0) is 36.4 Å². The van der Waals surface area contributed by atoms with Gasteiger partial charge in [-0.25, -0.2) is 17.2 Å². The first-order valence-electron chi connectivity index (χ1n) is 9.11. The molecule has 1 aromatic heterocycles. The van der Waals surface area contributed by atoms with E-state index in [4.69, 9.17) is 4.74 Å². The van der Waals surface area contributed by atoms with Crippen LogP contribution in [0.25, 0.3) is 22.2 Å². The number of hydrogen-bond donors (Lipinski definition) is 2. The van der Waals surface area contributed by atoms with E-state index in [9.17, 15) is 27.3 Å². The van der Waals surface area contributed by atoms with Crippen LogP contribution in [0.15, 0.2) is 65.6 Å². The van der Waals surface area contributed by atoms with E-state index in [2.05, 4.69) is 9.71 Å². The predicted octanol–water partition coefficient (Wildman–Crippen LogP) is 4.83. The summed E-state index contributed by atoms with van der Waals surface area (Å²) in [6.07, 6.45) is 0. The molecule has 2 N–H and O–H groups in total. The molecule has 32 heavy (non-hydrogen) atoms. The minimum Gasteiger partial charge on any atom is -0.495 e. The molecule has 0 unspecified atom stereocenters. The number of nitro groups is 1. The molecular formula is C21H15F2N3O5S. The minimum atomic E-state index is -4.18. The summed E-state index contributed by atoms with van der Waals surface area (Å²) in [6, 6.07) is 12.9. The highest BCUT2D eigenvalue weighted by molar-refractivity contribution is 7.92. The van der Waals surface area contributed by atoms with E-state index in [0.717, 1.165) is 18.2 Å². The van der Waals surface area contributed by atoms with Crippen molar-refractivity contribution in [1.29, 1.82) is 0 Å². The van der Waals surface area contributed by atoms with Crippen molar-refractivity contribution in [3.8, 4) is 17.0 Å². The highest BCUT2D eigenvalue weighted by Crippen LogP contribution is 2.34. The fraction of sp³-hybridized carbons (Fsp3) is 0.0476. The van der Waals surface area contributed by atoms with Crippen molar-refractivity contribution in [3.05, 3.63) is 82.4 Å². The van der Waals surface area contributed by atoms with E-state index in [1.54, 1.807) is 12.1 Å². The number of ether oxygens (including phenoxy) is 1. The number of benzene rings is 3. The molecule has 4 aromatic rings. The van der Waals surface area contributed by atoms with Crippen molar-refractivity contribution in [2.24, 2.45) is 0 Å². The Kier molecular flexibility index (Phi) is 5.26. The van der Waals surface area contributed by atoms with Crippen LogP contribution in [0.4, 0.5) is 20.2 Å². The number of halogens is 2. The molecule has 0 aliphatic heterocycles. The molecule has 0 fully saturated rings. The molecule has 8 nitrogen and oxygen atoms in total. The second-order valence-electron chi connectivity index (χ2n) is 6.81. The number of methoxy groups -OCH3 is 1. The summed E-state index contributed by atoms with van der Waals surface area (Å²) in [5.74, 6) is -1.77. The van der Waals surface area contributed by atoms with Gasteiger partial charge in [-0.1, -0.05) is 6.07 Å². The lowest BCUT2D eigenvalue weighted by atomic mass is 10.1. The molecule has 164 valence electrons. The number of nitro benzene ring substituents is 1. The van der Waals surface area contributed by atoms with Gasteiger partial charge in [-0.3, -0.25) is 14.8 Å². The van der Waals surface area contributed by atoms with E-state index in [-0.39, 0.29) is 22.0 Å². The van der Waals surface area contributed by atoms with Gasteiger partial charge >= 0.3 is 0 Å². The first-order valence-corrected chi connectivity index (χ1v) is 10.6. The zero-order chi connectivity index (χ0) is 23.0. The van der Waals surface area contributed by atoms with Crippen LogP contribution in [0.5, 0.6) is 5.75 Å². The van der Waals surface area contributed by atoms with Gasteiger partial charge in [0.2, 0.25) is 0 Å². The molecule has 0 saturated heterocycles. The topological polar surface area (TPSA) is 114 Å². The SMILES string of the molecule is COc1ccc(-c2cc3cc(F)c(F)cc3[nH]2)cc1NS(=O)(=O)c1cccc([N+](=O)[O-])c1. The lowest BCUT2D eigenvalue weighted by molar-refractivity contribution is -0.385. The number of rotatable bonds is 6. The van der Waals surface area contributed by atoms with Gasteiger partial charge in [0.05, 0.1) is 22.6 Å². The van der Waals surface area contributed by atoms with Crippen LogP contribution in [-0.4, -0.2) is 25.4 Å². The van der Waals surface area contributed by atoms with Crippen LogP contribution in [0.1, 0.15) is 0 Å². The average Bonchev–Trinajstić information content (AvgIpc) is 3.16. The van der Waals surface area contributed by atoms with E-state index in [0.29, 0.717) is 22.2 Å². The van der Waals surface area contributed by atoms with Gasteiger partial charge in [0.25, 0.3) is 15.7 Å². The smallest absolute Gasteiger partial charge is 0.270 e. The van der Waals surface area contributed by atoms with Crippen LogP contribution in [0.3, 0.4) is 0 Å². The maximum Gasteiger partial charge on any atom is 0.270 e. The van der Waals surface area contributed by atoms with Crippen molar-refractivity contribution < 1.29 is 26.9 Å². The number of hydrogen-bond acceptors (Lipinski definition) is 5. The number of aromatic nitrogens is 1. The standard InChI is InChI=1S/C21H15F2N3O5S/c1-31-21-6-5-12(18-9-13-7-16(22)17(23)11-19(13)24-18)8-20(21)25-32(29,30)15-4-2-3-14(10-15)26(27)28/h2-11,24-25H,1H3. The van der Waals surface area contributed by atoms with Crippen LogP contribution < -0.4 is 9.46 Å². The molecule has 0 bridgehead atoms. The molecule has 11 heteroatoms. The van der Waals surface area contributed by atoms with E-state index >= 15 is 0 Å². The summed E-state index contributed by atoms with van der Waals surface area (Å²) in [7, 11) is -2.82. The Morgan fingerprint density at radius 3 is 2.50 bits per heavy atom. The summed E-state index contributed by atoms with van der Waals surface area (Å²) in [5, 5.41) is 11.4.